The molecule has 0 bridgehead atoms. The number of benzene rings is 2. The Kier molecular flexibility index (Phi) is 5.49. The van der Waals surface area contributed by atoms with Gasteiger partial charge in [0.05, 0.1) is 18.5 Å². The second kappa shape index (κ2) is 7.14. The lowest BCUT2D eigenvalue weighted by Crippen LogP contribution is -2.01. The fraction of sp³-hybridized carbons (Fsp3) is 0.250. The minimum Gasteiger partial charge on any atom is -0.496 e. The smallest absolute Gasteiger partial charge is 0.123 e. The molecule has 0 aromatic heterocycles. The van der Waals surface area contributed by atoms with E-state index in [2.05, 4.69) is 44.0 Å². The normalized spacial score (nSPS) is 12.0. The van der Waals surface area contributed by atoms with Crippen molar-refractivity contribution in [1.82, 2.24) is 0 Å². The van der Waals surface area contributed by atoms with E-state index in [1.165, 1.54) is 0 Å². The molecule has 20 heavy (non-hydrogen) atoms. The molecule has 0 N–H and O–H groups in total. The summed E-state index contributed by atoms with van der Waals surface area (Å²) in [7, 11) is 1.68. The Hall–Kier alpha value is -1.00. The van der Waals surface area contributed by atoms with Gasteiger partial charge >= 0.3 is 0 Å². The number of rotatable bonds is 5. The number of hydrogen-bond donors (Lipinski definition) is 0. The van der Waals surface area contributed by atoms with Crippen LogP contribution in [0.15, 0.2) is 46.9 Å². The molecule has 2 nitrogen and oxygen atoms in total. The quantitative estimate of drug-likeness (QED) is 0.631. The topological polar surface area (TPSA) is 18.5 Å². The van der Waals surface area contributed by atoms with Crippen molar-refractivity contribution in [3.8, 4) is 11.5 Å². The summed E-state index contributed by atoms with van der Waals surface area (Å²) in [6.45, 7) is 2.63. The molecule has 0 aliphatic rings. The number of para-hydroxylation sites is 1. The minimum absolute atomic E-state index is 0.0118. The van der Waals surface area contributed by atoms with Crippen molar-refractivity contribution < 1.29 is 9.47 Å². The van der Waals surface area contributed by atoms with Gasteiger partial charge in [-0.25, -0.2) is 0 Å². The van der Waals surface area contributed by atoms with E-state index < -0.39 is 0 Å². The van der Waals surface area contributed by atoms with Crippen molar-refractivity contribution in [3.63, 3.8) is 0 Å². The molecule has 1 atom stereocenters. The second-order valence-corrected chi connectivity index (χ2v) is 6.05. The second-order valence-electron chi connectivity index (χ2n) is 4.22. The molecule has 0 aliphatic heterocycles. The molecule has 0 spiro atoms. The van der Waals surface area contributed by atoms with Gasteiger partial charge in [-0.1, -0.05) is 50.1 Å². The van der Waals surface area contributed by atoms with Crippen LogP contribution in [-0.4, -0.2) is 13.7 Å². The highest BCUT2D eigenvalue weighted by Crippen LogP contribution is 2.41. The Labute approximate surface area is 136 Å². The maximum absolute atomic E-state index is 5.70. The van der Waals surface area contributed by atoms with E-state index in [-0.39, 0.29) is 4.83 Å². The molecular formula is C16H16Br2O2. The average Bonchev–Trinajstić information content (AvgIpc) is 2.47. The van der Waals surface area contributed by atoms with Gasteiger partial charge in [0.2, 0.25) is 0 Å². The van der Waals surface area contributed by atoms with Crippen LogP contribution >= 0.6 is 31.9 Å². The Morgan fingerprint density at radius 2 is 1.80 bits per heavy atom. The first-order chi connectivity index (χ1) is 9.67. The van der Waals surface area contributed by atoms with Gasteiger partial charge < -0.3 is 9.47 Å². The summed E-state index contributed by atoms with van der Waals surface area (Å²) in [6, 6.07) is 14.0. The van der Waals surface area contributed by atoms with Gasteiger partial charge in [0, 0.05) is 15.6 Å². The van der Waals surface area contributed by atoms with Crippen molar-refractivity contribution >= 4 is 31.9 Å². The predicted octanol–water partition coefficient (Wildman–Crippen LogP) is 5.34. The van der Waals surface area contributed by atoms with E-state index in [1.54, 1.807) is 7.11 Å². The van der Waals surface area contributed by atoms with E-state index in [4.69, 9.17) is 9.47 Å². The Bertz CT molecular complexity index is 584. The summed E-state index contributed by atoms with van der Waals surface area (Å²) in [4.78, 5) is 0.0118. The van der Waals surface area contributed by atoms with Crippen molar-refractivity contribution in [2.45, 2.75) is 11.8 Å². The lowest BCUT2D eigenvalue weighted by atomic mass is 10.0. The van der Waals surface area contributed by atoms with E-state index in [1.807, 2.05) is 37.3 Å². The largest absolute Gasteiger partial charge is 0.496 e. The van der Waals surface area contributed by atoms with Crippen molar-refractivity contribution in [3.05, 3.63) is 58.1 Å². The fourth-order valence-electron chi connectivity index (χ4n) is 2.05. The monoisotopic (exact) mass is 398 g/mol. The number of methoxy groups -OCH3 is 1. The molecule has 106 valence electrons. The average molecular weight is 400 g/mol. The highest BCUT2D eigenvalue weighted by atomic mass is 79.9. The summed E-state index contributed by atoms with van der Waals surface area (Å²) >= 11 is 7.27. The van der Waals surface area contributed by atoms with Gasteiger partial charge in [0.15, 0.2) is 0 Å². The molecule has 2 aromatic rings. The minimum atomic E-state index is 0.0118. The summed E-state index contributed by atoms with van der Waals surface area (Å²) in [5.74, 6) is 1.74. The van der Waals surface area contributed by atoms with Crippen molar-refractivity contribution in [2.24, 2.45) is 0 Å². The molecule has 0 heterocycles. The number of halogens is 2. The Balaban J connectivity index is 2.45. The molecule has 0 saturated carbocycles. The Morgan fingerprint density at radius 3 is 2.50 bits per heavy atom. The van der Waals surface area contributed by atoms with Crippen LogP contribution in [0, 0.1) is 0 Å². The molecule has 0 radical (unpaired) electrons. The third kappa shape index (κ3) is 3.36. The third-order valence-electron chi connectivity index (χ3n) is 2.96. The molecular weight excluding hydrogens is 384 g/mol. The van der Waals surface area contributed by atoms with Crippen LogP contribution in [0.4, 0.5) is 0 Å². The zero-order valence-electron chi connectivity index (χ0n) is 11.4. The third-order valence-corrected chi connectivity index (χ3v) is 4.44. The lowest BCUT2D eigenvalue weighted by Gasteiger charge is -2.18. The summed E-state index contributed by atoms with van der Waals surface area (Å²) in [6.07, 6.45) is 0. The molecule has 0 saturated heterocycles. The van der Waals surface area contributed by atoms with Gasteiger partial charge in [-0.15, -0.1) is 0 Å². The van der Waals surface area contributed by atoms with Crippen LogP contribution in [0.1, 0.15) is 22.9 Å². The molecule has 0 aliphatic carbocycles. The van der Waals surface area contributed by atoms with Gasteiger partial charge in [-0.2, -0.15) is 0 Å². The van der Waals surface area contributed by atoms with Crippen LogP contribution < -0.4 is 9.47 Å². The van der Waals surface area contributed by atoms with E-state index in [9.17, 15) is 0 Å². The van der Waals surface area contributed by atoms with Crippen molar-refractivity contribution in [2.75, 3.05) is 13.7 Å². The first kappa shape index (κ1) is 15.4. The van der Waals surface area contributed by atoms with Crippen molar-refractivity contribution in [1.29, 1.82) is 0 Å². The zero-order chi connectivity index (χ0) is 14.5. The van der Waals surface area contributed by atoms with Crippen LogP contribution in [0.3, 0.4) is 0 Å². The van der Waals surface area contributed by atoms with Crippen LogP contribution in [0.5, 0.6) is 11.5 Å². The molecule has 4 heteroatoms. The van der Waals surface area contributed by atoms with Gasteiger partial charge in [0.1, 0.15) is 11.5 Å². The molecule has 1 unspecified atom stereocenters. The van der Waals surface area contributed by atoms with Gasteiger partial charge in [-0.05, 0) is 31.2 Å². The molecule has 0 fully saturated rings. The first-order valence-electron chi connectivity index (χ1n) is 6.36. The first-order valence-corrected chi connectivity index (χ1v) is 8.07. The number of hydrogen-bond acceptors (Lipinski definition) is 2. The van der Waals surface area contributed by atoms with Crippen LogP contribution in [0.2, 0.25) is 0 Å². The molecule has 2 rings (SSSR count). The van der Waals surface area contributed by atoms with E-state index in [0.717, 1.165) is 27.1 Å². The highest BCUT2D eigenvalue weighted by Gasteiger charge is 2.19. The van der Waals surface area contributed by atoms with Crippen LogP contribution in [0.25, 0.3) is 0 Å². The summed E-state index contributed by atoms with van der Waals surface area (Å²) in [5.41, 5.74) is 2.15. The standard InChI is InChI=1S/C16H16Br2O2/c1-3-20-15-7-5-4-6-12(15)16(18)13-10-11(17)8-9-14(13)19-2/h4-10,16H,3H2,1-2H3. The van der Waals surface area contributed by atoms with E-state index in [0.29, 0.717) is 6.61 Å². The predicted molar refractivity (Wildman–Crippen MR) is 89.1 cm³/mol. The number of alkyl halides is 1. The van der Waals surface area contributed by atoms with Gasteiger partial charge in [-0.3, -0.25) is 0 Å². The summed E-state index contributed by atoms with van der Waals surface area (Å²) < 4.78 is 12.2. The zero-order valence-corrected chi connectivity index (χ0v) is 14.6. The lowest BCUT2D eigenvalue weighted by molar-refractivity contribution is 0.337. The SMILES string of the molecule is CCOc1ccccc1C(Br)c1cc(Br)ccc1OC. The fourth-order valence-corrected chi connectivity index (χ4v) is 3.16. The summed E-state index contributed by atoms with van der Waals surface area (Å²) in [5, 5.41) is 0. The van der Waals surface area contributed by atoms with E-state index >= 15 is 0 Å². The molecule has 0 amide bonds. The number of ether oxygens (including phenoxy) is 2. The maximum atomic E-state index is 5.70. The highest BCUT2D eigenvalue weighted by molar-refractivity contribution is 9.10. The molecule has 2 aromatic carbocycles. The maximum Gasteiger partial charge on any atom is 0.123 e. The Morgan fingerprint density at radius 1 is 1.05 bits per heavy atom. The van der Waals surface area contributed by atoms with Gasteiger partial charge in [0.25, 0.3) is 0 Å². The van der Waals surface area contributed by atoms with Crippen LogP contribution in [-0.2, 0) is 0 Å².